The zero-order chi connectivity index (χ0) is 13.0. The van der Waals surface area contributed by atoms with Gasteiger partial charge in [-0.2, -0.15) is 4.98 Å². The number of anilines is 2. The highest BCUT2D eigenvalue weighted by Crippen LogP contribution is 2.26. The summed E-state index contributed by atoms with van der Waals surface area (Å²) >= 11 is 3.54. The molecule has 0 unspecified atom stereocenters. The number of aromatic nitrogens is 2. The van der Waals surface area contributed by atoms with Crippen molar-refractivity contribution in [3.63, 3.8) is 0 Å². The van der Waals surface area contributed by atoms with Crippen LogP contribution in [0.4, 0.5) is 11.8 Å². The van der Waals surface area contributed by atoms with Gasteiger partial charge in [-0.25, -0.2) is 4.98 Å². The lowest BCUT2D eigenvalue weighted by Crippen LogP contribution is -2.37. The molecule has 0 saturated carbocycles. The molecule has 1 aliphatic heterocycles. The molecule has 6 heteroatoms. The van der Waals surface area contributed by atoms with E-state index in [1.807, 2.05) is 6.92 Å². The van der Waals surface area contributed by atoms with Gasteiger partial charge < -0.3 is 15.0 Å². The van der Waals surface area contributed by atoms with Gasteiger partial charge in [0.2, 0.25) is 5.95 Å². The van der Waals surface area contributed by atoms with Gasteiger partial charge in [0.05, 0.1) is 23.4 Å². The molecular formula is C12H19BrN4O. The minimum absolute atomic E-state index is 0.746. The second-order valence-electron chi connectivity index (χ2n) is 4.30. The van der Waals surface area contributed by atoms with E-state index in [2.05, 4.69) is 43.0 Å². The molecule has 0 bridgehead atoms. The van der Waals surface area contributed by atoms with Gasteiger partial charge in [-0.05, 0) is 29.3 Å². The standard InChI is InChI=1S/C12H19BrN4O/c1-3-4-14-11-10(13)9(2)15-12(16-11)17-5-7-18-8-6-17/h3-8H2,1-2H3,(H,14,15,16). The fraction of sp³-hybridized carbons (Fsp3) is 0.667. The molecule has 1 N–H and O–H groups in total. The van der Waals surface area contributed by atoms with E-state index < -0.39 is 0 Å². The quantitative estimate of drug-likeness (QED) is 0.923. The molecule has 100 valence electrons. The Balaban J connectivity index is 2.22. The van der Waals surface area contributed by atoms with Gasteiger partial charge in [0.1, 0.15) is 5.82 Å². The maximum Gasteiger partial charge on any atom is 0.227 e. The van der Waals surface area contributed by atoms with Gasteiger partial charge in [-0.15, -0.1) is 0 Å². The second-order valence-corrected chi connectivity index (χ2v) is 5.09. The summed E-state index contributed by atoms with van der Waals surface area (Å²) in [4.78, 5) is 11.3. The summed E-state index contributed by atoms with van der Waals surface area (Å²) in [7, 11) is 0. The van der Waals surface area contributed by atoms with Crippen LogP contribution in [0.2, 0.25) is 0 Å². The van der Waals surface area contributed by atoms with E-state index in [1.54, 1.807) is 0 Å². The zero-order valence-corrected chi connectivity index (χ0v) is 12.5. The van der Waals surface area contributed by atoms with Crippen LogP contribution in [0.15, 0.2) is 4.47 Å². The Morgan fingerprint density at radius 1 is 1.33 bits per heavy atom. The third-order valence-electron chi connectivity index (χ3n) is 2.84. The SMILES string of the molecule is CCCNc1nc(N2CCOCC2)nc(C)c1Br. The van der Waals surface area contributed by atoms with Crippen molar-refractivity contribution in [3.05, 3.63) is 10.2 Å². The molecule has 0 atom stereocenters. The normalized spacial score (nSPS) is 15.8. The van der Waals surface area contributed by atoms with Gasteiger partial charge in [0.15, 0.2) is 0 Å². The Kier molecular flexibility index (Phi) is 4.77. The number of morpholine rings is 1. The Bertz CT molecular complexity index is 407. The maximum absolute atomic E-state index is 5.35. The van der Waals surface area contributed by atoms with E-state index >= 15 is 0 Å². The van der Waals surface area contributed by atoms with Gasteiger partial charge in [-0.3, -0.25) is 0 Å². The van der Waals surface area contributed by atoms with Gasteiger partial charge in [0.25, 0.3) is 0 Å². The molecule has 1 saturated heterocycles. The van der Waals surface area contributed by atoms with Gasteiger partial charge >= 0.3 is 0 Å². The fourth-order valence-electron chi connectivity index (χ4n) is 1.81. The molecule has 0 spiro atoms. The Hall–Kier alpha value is -0.880. The number of ether oxygens (including phenoxy) is 1. The first-order valence-corrected chi connectivity index (χ1v) is 7.12. The monoisotopic (exact) mass is 314 g/mol. The molecule has 1 aliphatic rings. The summed E-state index contributed by atoms with van der Waals surface area (Å²) in [5.41, 5.74) is 0.963. The predicted molar refractivity (Wildman–Crippen MR) is 76.3 cm³/mol. The van der Waals surface area contributed by atoms with Crippen LogP contribution in [-0.2, 0) is 4.74 Å². The average molecular weight is 315 g/mol. The average Bonchev–Trinajstić information content (AvgIpc) is 2.41. The Morgan fingerprint density at radius 3 is 2.72 bits per heavy atom. The minimum Gasteiger partial charge on any atom is -0.378 e. The second kappa shape index (κ2) is 6.33. The predicted octanol–water partition coefficient (Wildman–Crippen LogP) is 2.21. The largest absolute Gasteiger partial charge is 0.378 e. The van der Waals surface area contributed by atoms with E-state index in [9.17, 15) is 0 Å². The van der Waals surface area contributed by atoms with Crippen LogP contribution in [-0.4, -0.2) is 42.8 Å². The number of rotatable bonds is 4. The van der Waals surface area contributed by atoms with E-state index in [0.29, 0.717) is 0 Å². The molecule has 5 nitrogen and oxygen atoms in total. The summed E-state index contributed by atoms with van der Waals surface area (Å²) in [5, 5.41) is 3.33. The lowest BCUT2D eigenvalue weighted by atomic mass is 10.4. The summed E-state index contributed by atoms with van der Waals surface area (Å²) < 4.78 is 6.30. The van der Waals surface area contributed by atoms with Crippen LogP contribution in [0.25, 0.3) is 0 Å². The van der Waals surface area contributed by atoms with Crippen molar-refractivity contribution < 1.29 is 4.74 Å². The molecule has 0 radical (unpaired) electrons. The van der Waals surface area contributed by atoms with E-state index in [4.69, 9.17) is 4.74 Å². The van der Waals surface area contributed by atoms with E-state index in [1.165, 1.54) is 0 Å². The number of aryl methyl sites for hydroxylation is 1. The summed E-state index contributed by atoms with van der Waals surface area (Å²) in [6.45, 7) is 8.25. The zero-order valence-electron chi connectivity index (χ0n) is 10.9. The molecule has 2 heterocycles. The first-order valence-electron chi connectivity index (χ1n) is 6.33. The highest BCUT2D eigenvalue weighted by molar-refractivity contribution is 9.10. The molecule has 0 amide bonds. The number of nitrogens with zero attached hydrogens (tertiary/aromatic N) is 3. The number of halogens is 1. The summed E-state index contributed by atoms with van der Waals surface area (Å²) in [6, 6.07) is 0. The van der Waals surface area contributed by atoms with E-state index in [0.717, 1.165) is 61.2 Å². The van der Waals surface area contributed by atoms with Crippen molar-refractivity contribution in [2.45, 2.75) is 20.3 Å². The number of nitrogens with one attached hydrogen (secondary N) is 1. The molecule has 0 aliphatic carbocycles. The van der Waals surface area contributed by atoms with Crippen LogP contribution >= 0.6 is 15.9 Å². The van der Waals surface area contributed by atoms with Gasteiger partial charge in [0, 0.05) is 19.6 Å². The van der Waals surface area contributed by atoms with Crippen LogP contribution in [0.1, 0.15) is 19.0 Å². The maximum atomic E-state index is 5.35. The number of hydrogen-bond donors (Lipinski definition) is 1. The van der Waals surface area contributed by atoms with Crippen LogP contribution in [0.5, 0.6) is 0 Å². The lowest BCUT2D eigenvalue weighted by molar-refractivity contribution is 0.122. The molecule has 1 fully saturated rings. The topological polar surface area (TPSA) is 50.3 Å². The molecule has 2 rings (SSSR count). The van der Waals surface area contributed by atoms with Crippen molar-refractivity contribution >= 4 is 27.7 Å². The molecule has 18 heavy (non-hydrogen) atoms. The fourth-order valence-corrected chi connectivity index (χ4v) is 2.13. The summed E-state index contributed by atoms with van der Waals surface area (Å²) in [6.07, 6.45) is 1.07. The molecule has 1 aromatic rings. The third-order valence-corrected chi connectivity index (χ3v) is 3.79. The van der Waals surface area contributed by atoms with Crippen molar-refractivity contribution in [1.29, 1.82) is 0 Å². The highest BCUT2D eigenvalue weighted by Gasteiger charge is 2.17. The van der Waals surface area contributed by atoms with Crippen LogP contribution < -0.4 is 10.2 Å². The molecule has 1 aromatic heterocycles. The third kappa shape index (κ3) is 3.11. The first kappa shape index (κ1) is 13.5. The van der Waals surface area contributed by atoms with Crippen LogP contribution in [0.3, 0.4) is 0 Å². The smallest absolute Gasteiger partial charge is 0.227 e. The molecule has 0 aromatic carbocycles. The Morgan fingerprint density at radius 2 is 2.06 bits per heavy atom. The van der Waals surface area contributed by atoms with Crippen molar-refractivity contribution in [2.24, 2.45) is 0 Å². The van der Waals surface area contributed by atoms with Crippen LogP contribution in [0, 0.1) is 6.92 Å². The van der Waals surface area contributed by atoms with Crippen molar-refractivity contribution in [2.75, 3.05) is 43.1 Å². The minimum atomic E-state index is 0.746. The van der Waals surface area contributed by atoms with Gasteiger partial charge in [-0.1, -0.05) is 6.92 Å². The summed E-state index contributed by atoms with van der Waals surface area (Å²) in [5.74, 6) is 1.67. The first-order chi connectivity index (χ1) is 8.72. The van der Waals surface area contributed by atoms with Crippen molar-refractivity contribution in [1.82, 2.24) is 9.97 Å². The highest BCUT2D eigenvalue weighted by atomic mass is 79.9. The van der Waals surface area contributed by atoms with Crippen molar-refractivity contribution in [3.8, 4) is 0 Å². The lowest BCUT2D eigenvalue weighted by Gasteiger charge is -2.27. The Labute approximate surface area is 116 Å². The van der Waals surface area contributed by atoms with E-state index in [-0.39, 0.29) is 0 Å². The number of hydrogen-bond acceptors (Lipinski definition) is 5. The molecular weight excluding hydrogens is 296 g/mol.